The molecule has 2 heterocycles. The number of nitrogens with zero attached hydrogens (tertiary/aromatic N) is 2. The minimum Gasteiger partial charge on any atom is -0.463 e. The number of aromatic nitrogens is 2. The summed E-state index contributed by atoms with van der Waals surface area (Å²) in [4.78, 5) is 0. The van der Waals surface area contributed by atoms with Gasteiger partial charge in [0.1, 0.15) is 11.8 Å². The van der Waals surface area contributed by atoms with Crippen LogP contribution in [0.3, 0.4) is 0 Å². The number of hydrogen-bond acceptors (Lipinski definition) is 5. The third kappa shape index (κ3) is 1.70. The first kappa shape index (κ1) is 10.0. The van der Waals surface area contributed by atoms with Crippen molar-refractivity contribution in [1.82, 2.24) is 10.2 Å². The van der Waals surface area contributed by atoms with Crippen LogP contribution in [0.4, 0.5) is 0 Å². The molecule has 0 bridgehead atoms. The van der Waals surface area contributed by atoms with E-state index in [9.17, 15) is 0 Å². The van der Waals surface area contributed by atoms with Crippen molar-refractivity contribution in [2.24, 2.45) is 5.73 Å². The van der Waals surface area contributed by atoms with Gasteiger partial charge in [-0.25, -0.2) is 0 Å². The first-order valence-electron chi connectivity index (χ1n) is 5.37. The molecule has 0 aliphatic rings. The number of furan rings is 1. The Morgan fingerprint density at radius 3 is 2.94 bits per heavy atom. The standard InChI is InChI=1S/C12H11N3O2/c13-6-5-11-14-15-12(17-11)9-7-16-10-4-2-1-3-8(9)10/h1-4,7H,5-6,13H2. The average Bonchev–Trinajstić information content (AvgIpc) is 2.95. The maximum atomic E-state index is 5.51. The van der Waals surface area contributed by atoms with Gasteiger partial charge in [0, 0.05) is 18.4 Å². The molecule has 0 amide bonds. The zero-order valence-electron chi connectivity index (χ0n) is 9.09. The van der Waals surface area contributed by atoms with Crippen molar-refractivity contribution in [3.8, 4) is 11.5 Å². The summed E-state index contributed by atoms with van der Waals surface area (Å²) >= 11 is 0. The van der Waals surface area contributed by atoms with E-state index in [0.717, 1.165) is 16.5 Å². The zero-order chi connectivity index (χ0) is 11.7. The minimum atomic E-state index is 0.471. The highest BCUT2D eigenvalue weighted by molar-refractivity contribution is 5.91. The van der Waals surface area contributed by atoms with Crippen LogP contribution in [0.2, 0.25) is 0 Å². The molecule has 5 heteroatoms. The van der Waals surface area contributed by atoms with E-state index >= 15 is 0 Å². The van der Waals surface area contributed by atoms with Gasteiger partial charge in [0.05, 0.1) is 5.56 Å². The Morgan fingerprint density at radius 2 is 2.06 bits per heavy atom. The van der Waals surface area contributed by atoms with Gasteiger partial charge in [-0.3, -0.25) is 0 Å². The summed E-state index contributed by atoms with van der Waals surface area (Å²) in [7, 11) is 0. The van der Waals surface area contributed by atoms with Crippen LogP contribution < -0.4 is 5.73 Å². The van der Waals surface area contributed by atoms with E-state index in [0.29, 0.717) is 24.7 Å². The molecule has 0 radical (unpaired) electrons. The predicted molar refractivity (Wildman–Crippen MR) is 62.3 cm³/mol. The van der Waals surface area contributed by atoms with Gasteiger partial charge in [-0.1, -0.05) is 18.2 Å². The molecule has 0 fully saturated rings. The number of benzene rings is 1. The lowest BCUT2D eigenvalue weighted by Gasteiger charge is -1.90. The fourth-order valence-electron chi connectivity index (χ4n) is 1.73. The van der Waals surface area contributed by atoms with Gasteiger partial charge in [0.25, 0.3) is 5.89 Å². The predicted octanol–water partition coefficient (Wildman–Crippen LogP) is 1.98. The summed E-state index contributed by atoms with van der Waals surface area (Å²) in [6.07, 6.45) is 2.22. The number of para-hydroxylation sites is 1. The molecule has 0 unspecified atom stereocenters. The van der Waals surface area contributed by atoms with Crippen LogP contribution in [-0.4, -0.2) is 16.7 Å². The number of rotatable bonds is 3. The maximum absolute atomic E-state index is 5.51. The highest BCUT2D eigenvalue weighted by atomic mass is 16.4. The van der Waals surface area contributed by atoms with Crippen LogP contribution in [0, 0.1) is 0 Å². The lowest BCUT2D eigenvalue weighted by Crippen LogP contribution is -2.02. The van der Waals surface area contributed by atoms with Crippen LogP contribution >= 0.6 is 0 Å². The molecule has 0 saturated heterocycles. The molecule has 17 heavy (non-hydrogen) atoms. The van der Waals surface area contributed by atoms with E-state index in [1.165, 1.54) is 0 Å². The van der Waals surface area contributed by atoms with Crippen LogP contribution in [0.1, 0.15) is 5.89 Å². The summed E-state index contributed by atoms with van der Waals surface area (Å²) in [6.45, 7) is 0.494. The van der Waals surface area contributed by atoms with Crippen molar-refractivity contribution >= 4 is 11.0 Å². The van der Waals surface area contributed by atoms with Gasteiger partial charge in [-0.15, -0.1) is 10.2 Å². The van der Waals surface area contributed by atoms with E-state index < -0.39 is 0 Å². The van der Waals surface area contributed by atoms with Gasteiger partial charge >= 0.3 is 0 Å². The molecule has 86 valence electrons. The molecule has 0 aliphatic heterocycles. The molecule has 2 aromatic heterocycles. The Hall–Kier alpha value is -2.14. The molecule has 3 rings (SSSR count). The van der Waals surface area contributed by atoms with Crippen molar-refractivity contribution in [3.05, 3.63) is 36.4 Å². The molecular weight excluding hydrogens is 218 g/mol. The first-order chi connectivity index (χ1) is 8.38. The Bertz CT molecular complexity index is 642. The molecule has 1 aromatic carbocycles. The minimum absolute atomic E-state index is 0.471. The van der Waals surface area contributed by atoms with E-state index in [-0.39, 0.29) is 0 Å². The molecule has 0 saturated carbocycles. The van der Waals surface area contributed by atoms with Gasteiger partial charge in [-0.05, 0) is 6.07 Å². The largest absolute Gasteiger partial charge is 0.463 e. The van der Waals surface area contributed by atoms with E-state index in [2.05, 4.69) is 10.2 Å². The highest BCUT2D eigenvalue weighted by Gasteiger charge is 2.13. The molecule has 5 nitrogen and oxygen atoms in total. The van der Waals surface area contributed by atoms with Gasteiger partial charge < -0.3 is 14.6 Å². The Kier molecular flexibility index (Phi) is 2.38. The van der Waals surface area contributed by atoms with Crippen molar-refractivity contribution < 1.29 is 8.83 Å². The van der Waals surface area contributed by atoms with E-state index in [1.54, 1.807) is 6.26 Å². The van der Waals surface area contributed by atoms with E-state index in [1.807, 2.05) is 24.3 Å². The first-order valence-corrected chi connectivity index (χ1v) is 5.37. The number of nitrogens with two attached hydrogens (primary N) is 1. The average molecular weight is 229 g/mol. The second kappa shape index (κ2) is 4.03. The topological polar surface area (TPSA) is 78.1 Å². The molecular formula is C12H11N3O2. The third-order valence-electron chi connectivity index (χ3n) is 2.54. The molecule has 2 N–H and O–H groups in total. The summed E-state index contributed by atoms with van der Waals surface area (Å²) < 4.78 is 10.9. The smallest absolute Gasteiger partial charge is 0.251 e. The molecule has 0 aliphatic carbocycles. The lowest BCUT2D eigenvalue weighted by atomic mass is 10.2. The van der Waals surface area contributed by atoms with Crippen molar-refractivity contribution in [2.75, 3.05) is 6.54 Å². The van der Waals surface area contributed by atoms with Crippen LogP contribution in [0.15, 0.2) is 39.4 Å². The van der Waals surface area contributed by atoms with E-state index in [4.69, 9.17) is 14.6 Å². The Labute approximate surface area is 97.2 Å². The van der Waals surface area contributed by atoms with Gasteiger partial charge in [-0.2, -0.15) is 0 Å². The summed E-state index contributed by atoms with van der Waals surface area (Å²) in [5.74, 6) is 1.02. The molecule has 0 spiro atoms. The summed E-state index contributed by atoms with van der Waals surface area (Å²) in [5, 5.41) is 8.89. The van der Waals surface area contributed by atoms with Crippen molar-refractivity contribution in [3.63, 3.8) is 0 Å². The fourth-order valence-corrected chi connectivity index (χ4v) is 1.73. The normalized spacial score (nSPS) is 11.1. The second-order valence-corrected chi connectivity index (χ2v) is 3.69. The Morgan fingerprint density at radius 1 is 1.18 bits per heavy atom. The fraction of sp³-hybridized carbons (Fsp3) is 0.167. The highest BCUT2D eigenvalue weighted by Crippen LogP contribution is 2.29. The maximum Gasteiger partial charge on any atom is 0.251 e. The van der Waals surface area contributed by atoms with Gasteiger partial charge in [0.2, 0.25) is 5.89 Å². The molecule has 3 aromatic rings. The van der Waals surface area contributed by atoms with Crippen LogP contribution in [0.25, 0.3) is 22.4 Å². The zero-order valence-corrected chi connectivity index (χ0v) is 9.09. The monoisotopic (exact) mass is 229 g/mol. The molecule has 0 atom stereocenters. The van der Waals surface area contributed by atoms with Gasteiger partial charge in [0.15, 0.2) is 0 Å². The quantitative estimate of drug-likeness (QED) is 0.743. The second-order valence-electron chi connectivity index (χ2n) is 3.69. The Balaban J connectivity index is 2.07. The lowest BCUT2D eigenvalue weighted by molar-refractivity contribution is 0.506. The third-order valence-corrected chi connectivity index (χ3v) is 2.54. The number of fused-ring (bicyclic) bond motifs is 1. The number of hydrogen-bond donors (Lipinski definition) is 1. The van der Waals surface area contributed by atoms with Crippen LogP contribution in [0.5, 0.6) is 0 Å². The van der Waals surface area contributed by atoms with Crippen molar-refractivity contribution in [2.45, 2.75) is 6.42 Å². The van der Waals surface area contributed by atoms with Crippen LogP contribution in [-0.2, 0) is 6.42 Å². The summed E-state index contributed by atoms with van der Waals surface area (Å²) in [5.41, 5.74) is 7.06. The van der Waals surface area contributed by atoms with Crippen molar-refractivity contribution in [1.29, 1.82) is 0 Å². The summed E-state index contributed by atoms with van der Waals surface area (Å²) in [6, 6.07) is 7.72. The SMILES string of the molecule is NCCc1nnc(-c2coc3ccccc23)o1.